The Morgan fingerprint density at radius 3 is 2.30 bits per heavy atom. The number of hydrogen-bond donors (Lipinski definition) is 3. The molecule has 1 saturated heterocycles. The first kappa shape index (κ1) is 20.6. The number of nitrogens with one attached hydrogen (secondary N) is 3. The fourth-order valence-electron chi connectivity index (χ4n) is 3.33. The van der Waals surface area contributed by atoms with Crippen LogP contribution < -0.4 is 21.2 Å². The molecule has 0 amide bonds. The van der Waals surface area contributed by atoms with Crippen LogP contribution in [0.3, 0.4) is 0 Å². The van der Waals surface area contributed by atoms with Gasteiger partial charge in [0.05, 0.1) is 25.1 Å². The van der Waals surface area contributed by atoms with E-state index in [9.17, 15) is 0 Å². The van der Waals surface area contributed by atoms with E-state index in [1.807, 2.05) is 43.3 Å². The van der Waals surface area contributed by atoms with Crippen LogP contribution >= 0.6 is 0 Å². The lowest BCUT2D eigenvalue weighted by atomic mass is 10.2. The summed E-state index contributed by atoms with van der Waals surface area (Å²) in [5.41, 5.74) is 13.8. The second-order valence-electron chi connectivity index (χ2n) is 7.51. The second kappa shape index (κ2) is 9.49. The summed E-state index contributed by atoms with van der Waals surface area (Å²) in [5, 5.41) is 11.8. The summed E-state index contributed by atoms with van der Waals surface area (Å²) in [6, 6.07) is 16.1. The predicted octanol–water partition coefficient (Wildman–Crippen LogP) is 3.04. The van der Waals surface area contributed by atoms with E-state index in [1.54, 1.807) is 6.21 Å². The maximum atomic E-state index is 5.41. The molecule has 11 heteroatoms. The van der Waals surface area contributed by atoms with E-state index in [0.717, 1.165) is 37.6 Å². The number of aromatic nitrogens is 4. The molecule has 3 N–H and O–H groups in total. The third kappa shape index (κ3) is 4.99. The first-order valence-electron chi connectivity index (χ1n) is 10.6. The number of hydrogen-bond acceptors (Lipinski definition) is 11. The molecule has 3 heterocycles. The number of ether oxygens (including phenoxy) is 1. The molecular formula is C22H23N9O2. The summed E-state index contributed by atoms with van der Waals surface area (Å²) in [5.74, 6) is 0.776. The monoisotopic (exact) mass is 445 g/mol. The fraction of sp³-hybridized carbons (Fsp3) is 0.227. The van der Waals surface area contributed by atoms with Crippen LogP contribution in [0.25, 0.3) is 11.3 Å². The largest absolute Gasteiger partial charge is 0.378 e. The average molecular weight is 445 g/mol. The van der Waals surface area contributed by atoms with Crippen molar-refractivity contribution in [1.82, 2.24) is 20.3 Å². The number of fused-ring (bicyclic) bond motifs is 1. The molecule has 0 bridgehead atoms. The Kier molecular flexibility index (Phi) is 5.93. The number of hydrazone groups is 1. The lowest BCUT2D eigenvalue weighted by Crippen LogP contribution is -2.36. The fourth-order valence-corrected chi connectivity index (χ4v) is 3.33. The van der Waals surface area contributed by atoms with Gasteiger partial charge in [0, 0.05) is 18.8 Å². The number of benzene rings is 2. The molecule has 1 aliphatic rings. The molecule has 0 radical (unpaired) electrons. The minimum absolute atomic E-state index is 0.281. The first-order valence-corrected chi connectivity index (χ1v) is 10.6. The zero-order chi connectivity index (χ0) is 22.5. The number of morpholine rings is 1. The van der Waals surface area contributed by atoms with Crippen LogP contribution in [0.4, 0.5) is 23.0 Å². The molecule has 11 nitrogen and oxygen atoms in total. The van der Waals surface area contributed by atoms with Gasteiger partial charge in [-0.3, -0.25) is 16.3 Å². The van der Waals surface area contributed by atoms with E-state index >= 15 is 0 Å². The molecule has 33 heavy (non-hydrogen) atoms. The summed E-state index contributed by atoms with van der Waals surface area (Å²) in [6.45, 7) is 5.35. The zero-order valence-electron chi connectivity index (χ0n) is 18.0. The summed E-state index contributed by atoms with van der Waals surface area (Å²) >= 11 is 0. The number of hydrazine groups is 1. The van der Waals surface area contributed by atoms with Crippen molar-refractivity contribution >= 4 is 40.5 Å². The summed E-state index contributed by atoms with van der Waals surface area (Å²) in [4.78, 5) is 11.1. The minimum Gasteiger partial charge on any atom is -0.378 e. The Balaban J connectivity index is 1.28. The van der Waals surface area contributed by atoms with Gasteiger partial charge in [-0.25, -0.2) is 4.63 Å². The van der Waals surface area contributed by atoms with Crippen molar-refractivity contribution in [2.45, 2.75) is 6.92 Å². The minimum atomic E-state index is 0.281. The highest BCUT2D eigenvalue weighted by Crippen LogP contribution is 2.21. The van der Waals surface area contributed by atoms with Gasteiger partial charge in [0.1, 0.15) is 0 Å². The van der Waals surface area contributed by atoms with E-state index in [2.05, 4.69) is 58.7 Å². The number of aryl methyl sites for hydroxylation is 1. The van der Waals surface area contributed by atoms with Crippen LogP contribution in [0.1, 0.15) is 11.1 Å². The van der Waals surface area contributed by atoms with E-state index in [1.165, 1.54) is 11.3 Å². The highest BCUT2D eigenvalue weighted by molar-refractivity contribution is 5.82. The van der Waals surface area contributed by atoms with Gasteiger partial charge >= 0.3 is 0 Å². The van der Waals surface area contributed by atoms with Crippen LogP contribution in [-0.4, -0.2) is 52.8 Å². The van der Waals surface area contributed by atoms with Crippen molar-refractivity contribution in [3.05, 3.63) is 59.7 Å². The topological polar surface area (TPSA) is 126 Å². The third-order valence-electron chi connectivity index (χ3n) is 5.14. The van der Waals surface area contributed by atoms with Crippen LogP contribution in [0.15, 0.2) is 58.3 Å². The van der Waals surface area contributed by atoms with E-state index < -0.39 is 0 Å². The number of nitrogens with zero attached hydrogens (tertiary/aromatic N) is 6. The predicted molar refractivity (Wildman–Crippen MR) is 127 cm³/mol. The SMILES string of the molecule is Cc1ccc(NNc2nc3nonc3nc2N/N=C/c2ccc(N3CCOCC3)cc2)cc1. The molecule has 0 atom stereocenters. The Labute approximate surface area is 189 Å². The van der Waals surface area contributed by atoms with Gasteiger partial charge in [0.2, 0.25) is 11.3 Å². The van der Waals surface area contributed by atoms with Gasteiger partial charge in [0.25, 0.3) is 0 Å². The number of rotatable bonds is 7. The van der Waals surface area contributed by atoms with Gasteiger partial charge in [-0.05, 0) is 47.1 Å². The van der Waals surface area contributed by atoms with Crippen molar-refractivity contribution in [2.24, 2.45) is 5.10 Å². The maximum absolute atomic E-state index is 5.41. The lowest BCUT2D eigenvalue weighted by molar-refractivity contribution is 0.122. The molecule has 0 aliphatic carbocycles. The van der Waals surface area contributed by atoms with Crippen LogP contribution in [-0.2, 0) is 4.74 Å². The third-order valence-corrected chi connectivity index (χ3v) is 5.14. The Morgan fingerprint density at radius 2 is 1.58 bits per heavy atom. The zero-order valence-corrected chi connectivity index (χ0v) is 18.0. The molecule has 4 aromatic rings. The highest BCUT2D eigenvalue weighted by atomic mass is 16.6. The van der Waals surface area contributed by atoms with Crippen molar-refractivity contribution in [2.75, 3.05) is 47.5 Å². The summed E-state index contributed by atoms with van der Waals surface area (Å²) in [6.07, 6.45) is 1.72. The van der Waals surface area contributed by atoms with E-state index in [0.29, 0.717) is 11.6 Å². The lowest BCUT2D eigenvalue weighted by Gasteiger charge is -2.28. The van der Waals surface area contributed by atoms with Crippen LogP contribution in [0.2, 0.25) is 0 Å². The Bertz CT molecular complexity index is 1230. The van der Waals surface area contributed by atoms with Crippen LogP contribution in [0.5, 0.6) is 0 Å². The van der Waals surface area contributed by atoms with Gasteiger partial charge < -0.3 is 9.64 Å². The molecule has 5 rings (SSSR count). The first-order chi connectivity index (χ1) is 16.2. The van der Waals surface area contributed by atoms with Gasteiger partial charge in [-0.1, -0.05) is 29.8 Å². The summed E-state index contributed by atoms with van der Waals surface area (Å²) < 4.78 is 10.1. The van der Waals surface area contributed by atoms with Crippen molar-refractivity contribution in [3.63, 3.8) is 0 Å². The quantitative estimate of drug-likeness (QED) is 0.289. The second-order valence-corrected chi connectivity index (χ2v) is 7.51. The molecule has 0 saturated carbocycles. The smallest absolute Gasteiger partial charge is 0.245 e. The van der Waals surface area contributed by atoms with Gasteiger partial charge in [-0.2, -0.15) is 15.1 Å². The highest BCUT2D eigenvalue weighted by Gasteiger charge is 2.13. The van der Waals surface area contributed by atoms with Crippen molar-refractivity contribution in [3.8, 4) is 0 Å². The number of anilines is 4. The van der Waals surface area contributed by atoms with Crippen molar-refractivity contribution in [1.29, 1.82) is 0 Å². The molecule has 2 aromatic carbocycles. The molecule has 0 spiro atoms. The normalized spacial score (nSPS) is 14.0. The summed E-state index contributed by atoms with van der Waals surface area (Å²) in [7, 11) is 0. The molecule has 1 fully saturated rings. The standard InChI is InChI=1S/C22H23N9O2/c1-15-2-6-17(7-3-15)26-28-20-19(24-21-22(25-20)30-33-29-21)27-23-14-16-4-8-18(9-5-16)31-10-12-32-13-11-31/h2-9,14,26H,10-13H2,1H3,(H,24,27,29)(H,25,28,30)/b23-14+. The Morgan fingerprint density at radius 1 is 0.879 bits per heavy atom. The molecule has 0 unspecified atom stereocenters. The van der Waals surface area contributed by atoms with Crippen molar-refractivity contribution < 1.29 is 9.37 Å². The molecular weight excluding hydrogens is 422 g/mol. The van der Waals surface area contributed by atoms with E-state index in [-0.39, 0.29) is 11.3 Å². The van der Waals surface area contributed by atoms with E-state index in [4.69, 9.17) is 9.37 Å². The molecule has 168 valence electrons. The van der Waals surface area contributed by atoms with Gasteiger partial charge in [-0.15, -0.1) is 0 Å². The van der Waals surface area contributed by atoms with Gasteiger partial charge in [0.15, 0.2) is 11.6 Å². The Hall–Kier alpha value is -4.25. The van der Waals surface area contributed by atoms with Crippen LogP contribution in [0, 0.1) is 6.92 Å². The maximum Gasteiger partial charge on any atom is 0.245 e. The average Bonchev–Trinajstić information content (AvgIpc) is 3.32. The molecule has 2 aromatic heterocycles. The molecule has 1 aliphatic heterocycles.